The average Bonchev–Trinajstić information content (AvgIpc) is 2.35. The number of hydrogen-bond donors (Lipinski definition) is 1. The molecule has 0 saturated carbocycles. The fourth-order valence-electron chi connectivity index (χ4n) is 1.81. The van der Waals surface area contributed by atoms with E-state index in [9.17, 15) is 4.79 Å². The predicted molar refractivity (Wildman–Crippen MR) is 71.0 cm³/mol. The second-order valence-electron chi connectivity index (χ2n) is 3.80. The van der Waals surface area contributed by atoms with Crippen LogP contribution in [0.3, 0.4) is 0 Å². The molecule has 1 aromatic rings. The van der Waals surface area contributed by atoms with E-state index in [0.29, 0.717) is 6.61 Å². The van der Waals surface area contributed by atoms with Gasteiger partial charge in [0.15, 0.2) is 0 Å². The van der Waals surface area contributed by atoms with Gasteiger partial charge >= 0.3 is 0 Å². The third kappa shape index (κ3) is 2.66. The molecule has 2 rings (SSSR count). The van der Waals surface area contributed by atoms with Gasteiger partial charge in [0.25, 0.3) is 0 Å². The minimum atomic E-state index is -0.0437. The minimum Gasteiger partial charge on any atom is -0.492 e. The lowest BCUT2D eigenvalue weighted by atomic mass is 9.96. The fourth-order valence-corrected chi connectivity index (χ4v) is 2.08. The van der Waals surface area contributed by atoms with Crippen molar-refractivity contribution in [3.63, 3.8) is 0 Å². The van der Waals surface area contributed by atoms with E-state index in [1.165, 1.54) is 0 Å². The molecule has 16 heavy (non-hydrogen) atoms. The minimum absolute atomic E-state index is 0.0437. The van der Waals surface area contributed by atoms with Gasteiger partial charge in [-0.1, -0.05) is 40.8 Å². The number of carbonyl (C=O) groups excluding carboxylic acids is 1. The van der Waals surface area contributed by atoms with E-state index in [0.717, 1.165) is 28.7 Å². The number of benzene rings is 1. The lowest BCUT2D eigenvalue weighted by molar-refractivity contribution is -0.126. The molecule has 1 atom stereocenters. The van der Waals surface area contributed by atoms with Crippen LogP contribution in [0.2, 0.25) is 0 Å². The molecular formula is C12H14INO2. The van der Waals surface area contributed by atoms with E-state index in [-0.39, 0.29) is 11.8 Å². The Morgan fingerprint density at radius 3 is 3.12 bits per heavy atom. The van der Waals surface area contributed by atoms with Gasteiger partial charge < -0.3 is 10.1 Å². The van der Waals surface area contributed by atoms with Crippen molar-refractivity contribution in [2.75, 3.05) is 17.6 Å². The Balaban J connectivity index is 1.99. The molecule has 1 N–H and O–H groups in total. The molecule has 1 amide bonds. The molecule has 1 aliphatic rings. The number of nitrogens with one attached hydrogen (secondary N) is 1. The highest BCUT2D eigenvalue weighted by atomic mass is 127. The van der Waals surface area contributed by atoms with Crippen LogP contribution in [-0.2, 0) is 11.2 Å². The number of ether oxygens (including phenoxy) is 1. The summed E-state index contributed by atoms with van der Waals surface area (Å²) < 4.78 is 6.51. The molecule has 1 aliphatic heterocycles. The Hall–Kier alpha value is -0.780. The number of rotatable bonds is 3. The van der Waals surface area contributed by atoms with Crippen molar-refractivity contribution in [2.24, 2.45) is 5.92 Å². The number of hydrogen-bond acceptors (Lipinski definition) is 2. The molecule has 0 bridgehead atoms. The summed E-state index contributed by atoms with van der Waals surface area (Å²) in [4.78, 5) is 11.8. The SMILES string of the molecule is O=C(NCCI)C1COc2ccccc2C1. The summed E-state index contributed by atoms with van der Waals surface area (Å²) in [6, 6.07) is 7.91. The smallest absolute Gasteiger partial charge is 0.226 e. The van der Waals surface area contributed by atoms with E-state index < -0.39 is 0 Å². The van der Waals surface area contributed by atoms with E-state index >= 15 is 0 Å². The summed E-state index contributed by atoms with van der Waals surface area (Å²) in [5, 5.41) is 2.91. The lowest BCUT2D eigenvalue weighted by Crippen LogP contribution is -2.38. The topological polar surface area (TPSA) is 38.3 Å². The number of halogens is 1. The van der Waals surface area contributed by atoms with Gasteiger partial charge in [-0.3, -0.25) is 4.79 Å². The van der Waals surface area contributed by atoms with Gasteiger partial charge in [-0.15, -0.1) is 0 Å². The molecule has 0 aliphatic carbocycles. The van der Waals surface area contributed by atoms with Gasteiger partial charge in [-0.05, 0) is 18.1 Å². The van der Waals surface area contributed by atoms with Crippen LogP contribution >= 0.6 is 22.6 Å². The van der Waals surface area contributed by atoms with Crippen LogP contribution in [0.5, 0.6) is 5.75 Å². The Morgan fingerprint density at radius 1 is 1.50 bits per heavy atom. The van der Waals surface area contributed by atoms with E-state index in [2.05, 4.69) is 27.9 Å². The molecule has 0 saturated heterocycles. The van der Waals surface area contributed by atoms with Crippen molar-refractivity contribution >= 4 is 28.5 Å². The maximum absolute atomic E-state index is 11.8. The van der Waals surface area contributed by atoms with Crippen LogP contribution in [0, 0.1) is 5.92 Å². The van der Waals surface area contributed by atoms with Gasteiger partial charge in [0.05, 0.1) is 5.92 Å². The summed E-state index contributed by atoms with van der Waals surface area (Å²) in [5.41, 5.74) is 1.13. The zero-order valence-corrected chi connectivity index (χ0v) is 11.1. The Labute approximate surface area is 109 Å². The van der Waals surface area contributed by atoms with E-state index in [4.69, 9.17) is 4.74 Å². The first-order valence-electron chi connectivity index (χ1n) is 5.35. The van der Waals surface area contributed by atoms with Crippen LogP contribution in [0.1, 0.15) is 5.56 Å². The number of amides is 1. The first-order valence-corrected chi connectivity index (χ1v) is 6.88. The Kier molecular flexibility index (Phi) is 4.04. The van der Waals surface area contributed by atoms with Crippen LogP contribution in [0.4, 0.5) is 0 Å². The number of alkyl halides is 1. The average molecular weight is 331 g/mol. The van der Waals surface area contributed by atoms with E-state index in [1.54, 1.807) is 0 Å². The molecule has 1 aromatic carbocycles. The molecule has 0 spiro atoms. The normalized spacial score (nSPS) is 18.4. The first-order chi connectivity index (χ1) is 7.81. The standard InChI is InChI=1S/C12H14INO2/c13-5-6-14-12(15)10-7-9-3-1-2-4-11(9)16-8-10/h1-4,10H,5-8H2,(H,14,15). The molecule has 0 radical (unpaired) electrons. The summed E-state index contributed by atoms with van der Waals surface area (Å²) >= 11 is 2.25. The summed E-state index contributed by atoms with van der Waals surface area (Å²) in [5.74, 6) is 0.976. The van der Waals surface area contributed by atoms with Crippen molar-refractivity contribution in [2.45, 2.75) is 6.42 Å². The zero-order valence-electron chi connectivity index (χ0n) is 8.91. The van der Waals surface area contributed by atoms with Crippen LogP contribution in [0.15, 0.2) is 24.3 Å². The maximum atomic E-state index is 11.8. The molecule has 4 heteroatoms. The number of para-hydroxylation sites is 1. The highest BCUT2D eigenvalue weighted by molar-refractivity contribution is 14.1. The maximum Gasteiger partial charge on any atom is 0.226 e. The van der Waals surface area contributed by atoms with Crippen molar-refractivity contribution in [1.29, 1.82) is 0 Å². The van der Waals surface area contributed by atoms with Gasteiger partial charge in [-0.2, -0.15) is 0 Å². The Morgan fingerprint density at radius 2 is 2.31 bits per heavy atom. The first kappa shape index (κ1) is 11.7. The van der Waals surface area contributed by atoms with Crippen LogP contribution in [-0.4, -0.2) is 23.5 Å². The number of fused-ring (bicyclic) bond motifs is 1. The highest BCUT2D eigenvalue weighted by Crippen LogP contribution is 2.26. The van der Waals surface area contributed by atoms with Gasteiger partial charge in [0, 0.05) is 11.0 Å². The second-order valence-corrected chi connectivity index (χ2v) is 4.88. The van der Waals surface area contributed by atoms with Crippen molar-refractivity contribution in [3.8, 4) is 5.75 Å². The largest absolute Gasteiger partial charge is 0.492 e. The summed E-state index contributed by atoms with van der Waals surface area (Å²) in [7, 11) is 0. The zero-order chi connectivity index (χ0) is 11.4. The lowest BCUT2D eigenvalue weighted by Gasteiger charge is -2.24. The molecule has 86 valence electrons. The highest BCUT2D eigenvalue weighted by Gasteiger charge is 2.25. The fraction of sp³-hybridized carbons (Fsp3) is 0.417. The summed E-state index contributed by atoms with van der Waals surface area (Å²) in [6.45, 7) is 1.22. The van der Waals surface area contributed by atoms with Crippen molar-refractivity contribution < 1.29 is 9.53 Å². The number of carbonyl (C=O) groups is 1. The van der Waals surface area contributed by atoms with Gasteiger partial charge in [-0.25, -0.2) is 0 Å². The molecule has 1 unspecified atom stereocenters. The third-order valence-electron chi connectivity index (χ3n) is 2.64. The summed E-state index contributed by atoms with van der Waals surface area (Å²) in [6.07, 6.45) is 0.781. The van der Waals surface area contributed by atoms with Crippen molar-refractivity contribution in [3.05, 3.63) is 29.8 Å². The van der Waals surface area contributed by atoms with Crippen LogP contribution in [0.25, 0.3) is 0 Å². The molecule has 3 nitrogen and oxygen atoms in total. The molecule has 0 fully saturated rings. The van der Waals surface area contributed by atoms with Gasteiger partial charge in [0.2, 0.25) is 5.91 Å². The van der Waals surface area contributed by atoms with Gasteiger partial charge in [0.1, 0.15) is 12.4 Å². The molecule has 1 heterocycles. The Bertz CT molecular complexity index is 381. The quantitative estimate of drug-likeness (QED) is 0.677. The molecule has 0 aromatic heterocycles. The third-order valence-corrected chi connectivity index (χ3v) is 3.18. The van der Waals surface area contributed by atoms with E-state index in [1.807, 2.05) is 24.3 Å². The monoisotopic (exact) mass is 331 g/mol. The predicted octanol–water partition coefficient (Wildman–Crippen LogP) is 1.79. The van der Waals surface area contributed by atoms with Crippen LogP contribution < -0.4 is 10.1 Å². The second kappa shape index (κ2) is 5.52. The molecular weight excluding hydrogens is 317 g/mol. The van der Waals surface area contributed by atoms with Crippen molar-refractivity contribution in [1.82, 2.24) is 5.32 Å².